The summed E-state index contributed by atoms with van der Waals surface area (Å²) in [6, 6.07) is 16.8. The fourth-order valence-electron chi connectivity index (χ4n) is 3.09. The molecule has 1 aliphatic heterocycles. The number of aromatic nitrogens is 2. The van der Waals surface area contributed by atoms with Gasteiger partial charge >= 0.3 is 0 Å². The third-order valence-electron chi connectivity index (χ3n) is 4.55. The van der Waals surface area contributed by atoms with Crippen LogP contribution in [0.15, 0.2) is 84.5 Å². The van der Waals surface area contributed by atoms with Crippen LogP contribution in [-0.4, -0.2) is 27.0 Å². The van der Waals surface area contributed by atoms with Crippen LogP contribution in [-0.2, 0) is 9.59 Å². The molecule has 0 saturated heterocycles. The van der Waals surface area contributed by atoms with Crippen LogP contribution < -0.4 is 5.01 Å². The van der Waals surface area contributed by atoms with Crippen molar-refractivity contribution in [1.29, 1.82) is 0 Å². The highest BCUT2D eigenvalue weighted by Crippen LogP contribution is 2.24. The highest BCUT2D eigenvalue weighted by Gasteiger charge is 2.38. The van der Waals surface area contributed by atoms with Gasteiger partial charge in [-0.05, 0) is 42.8 Å². The van der Waals surface area contributed by atoms with Crippen LogP contribution in [0.4, 0.5) is 5.69 Å². The summed E-state index contributed by atoms with van der Waals surface area (Å²) in [6.07, 6.45) is 8.46. The van der Waals surface area contributed by atoms with E-state index in [1.165, 1.54) is 11.1 Å². The van der Waals surface area contributed by atoms with Gasteiger partial charge in [0.05, 0.1) is 17.7 Å². The summed E-state index contributed by atoms with van der Waals surface area (Å²) in [4.78, 5) is 29.4. The van der Waals surface area contributed by atoms with E-state index in [0.29, 0.717) is 11.4 Å². The first-order valence-electron chi connectivity index (χ1n) is 8.88. The van der Waals surface area contributed by atoms with Gasteiger partial charge in [0.15, 0.2) is 5.78 Å². The first kappa shape index (κ1) is 17.6. The zero-order valence-electron chi connectivity index (χ0n) is 15.3. The number of para-hydroxylation sites is 1. The molecule has 1 aliphatic rings. The molecule has 0 fully saturated rings. The second kappa shape index (κ2) is 7.44. The minimum absolute atomic E-state index is 0.275. The predicted octanol–water partition coefficient (Wildman–Crippen LogP) is 3.49. The van der Waals surface area contributed by atoms with Crippen molar-refractivity contribution in [3.8, 4) is 5.69 Å². The Balaban J connectivity index is 1.47. The number of nitrogens with zero attached hydrogens (tertiary/aromatic N) is 4. The molecule has 0 bridgehead atoms. The molecule has 0 radical (unpaired) electrons. The Hall–Kier alpha value is -3.80. The van der Waals surface area contributed by atoms with E-state index in [-0.39, 0.29) is 11.7 Å². The van der Waals surface area contributed by atoms with Crippen LogP contribution in [0.2, 0.25) is 0 Å². The number of hydrogen-bond acceptors (Lipinski definition) is 4. The summed E-state index contributed by atoms with van der Waals surface area (Å²) < 4.78 is 1.90. The third kappa shape index (κ3) is 3.40. The minimum Gasteiger partial charge on any atom is -0.306 e. The van der Waals surface area contributed by atoms with Gasteiger partial charge in [-0.25, -0.2) is 4.98 Å². The molecule has 1 unspecified atom stereocenters. The quantitative estimate of drug-likeness (QED) is 0.510. The van der Waals surface area contributed by atoms with Gasteiger partial charge in [0.2, 0.25) is 0 Å². The second-order valence-corrected chi connectivity index (χ2v) is 6.46. The number of amides is 1. The summed E-state index contributed by atoms with van der Waals surface area (Å²) in [6.45, 7) is 1.71. The molecular weight excluding hydrogens is 352 g/mol. The van der Waals surface area contributed by atoms with Crippen molar-refractivity contribution in [2.24, 2.45) is 11.0 Å². The molecule has 0 spiro atoms. The van der Waals surface area contributed by atoms with Crippen molar-refractivity contribution in [3.05, 3.63) is 85.0 Å². The number of hydrazone groups is 1. The maximum Gasteiger partial charge on any atom is 0.264 e. The van der Waals surface area contributed by atoms with Crippen LogP contribution in [0, 0.1) is 5.92 Å². The van der Waals surface area contributed by atoms with Gasteiger partial charge in [-0.2, -0.15) is 10.1 Å². The van der Waals surface area contributed by atoms with Crippen molar-refractivity contribution in [2.45, 2.75) is 6.92 Å². The molecular formula is C22H18N4O2. The number of anilines is 1. The first-order chi connectivity index (χ1) is 13.6. The zero-order chi connectivity index (χ0) is 19.5. The van der Waals surface area contributed by atoms with Gasteiger partial charge in [-0.1, -0.05) is 36.4 Å². The Morgan fingerprint density at radius 1 is 1.04 bits per heavy atom. The molecule has 138 valence electrons. The van der Waals surface area contributed by atoms with Crippen LogP contribution in [0.25, 0.3) is 11.8 Å². The monoisotopic (exact) mass is 370 g/mol. The topological polar surface area (TPSA) is 67.6 Å². The highest BCUT2D eigenvalue weighted by atomic mass is 16.2. The molecule has 4 rings (SSSR count). The summed E-state index contributed by atoms with van der Waals surface area (Å²) in [5.41, 5.74) is 3.01. The zero-order valence-corrected chi connectivity index (χ0v) is 15.3. The number of rotatable bonds is 5. The Morgan fingerprint density at radius 3 is 2.46 bits per heavy atom. The molecule has 28 heavy (non-hydrogen) atoms. The lowest BCUT2D eigenvalue weighted by Crippen LogP contribution is -2.31. The van der Waals surface area contributed by atoms with E-state index in [1.807, 2.05) is 53.2 Å². The fraction of sp³-hybridized carbons (Fsp3) is 0.0909. The summed E-state index contributed by atoms with van der Waals surface area (Å²) in [5.74, 6) is -1.47. The molecule has 1 amide bonds. The molecule has 0 saturated carbocycles. The number of hydrogen-bond donors (Lipinski definition) is 0. The van der Waals surface area contributed by atoms with E-state index in [0.717, 1.165) is 11.3 Å². The molecule has 2 heterocycles. The Kier molecular flexibility index (Phi) is 4.68. The molecule has 1 atom stereocenters. The average Bonchev–Trinajstić information content (AvgIpc) is 3.35. The number of benzene rings is 2. The van der Waals surface area contributed by atoms with Crippen molar-refractivity contribution in [3.63, 3.8) is 0 Å². The lowest BCUT2D eigenvalue weighted by atomic mass is 9.98. The lowest BCUT2D eigenvalue weighted by Gasteiger charge is -2.12. The number of carbonyl (C=O) groups is 2. The number of imidazole rings is 1. The normalized spacial score (nSPS) is 16.6. The summed E-state index contributed by atoms with van der Waals surface area (Å²) in [7, 11) is 0. The fourth-order valence-corrected chi connectivity index (χ4v) is 3.09. The molecule has 3 aromatic rings. The molecule has 0 N–H and O–H groups in total. The van der Waals surface area contributed by atoms with Crippen LogP contribution in [0.3, 0.4) is 0 Å². The minimum atomic E-state index is -0.873. The van der Waals surface area contributed by atoms with Crippen molar-refractivity contribution in [1.82, 2.24) is 9.55 Å². The van der Waals surface area contributed by atoms with Gasteiger partial charge in [0.25, 0.3) is 5.91 Å². The van der Waals surface area contributed by atoms with Crippen molar-refractivity contribution < 1.29 is 9.59 Å². The number of ketones is 1. The second-order valence-electron chi connectivity index (χ2n) is 6.46. The Labute approximate surface area is 162 Å². The van der Waals surface area contributed by atoms with Gasteiger partial charge < -0.3 is 4.57 Å². The van der Waals surface area contributed by atoms with Crippen LogP contribution in [0.5, 0.6) is 0 Å². The van der Waals surface area contributed by atoms with Gasteiger partial charge in [-0.3, -0.25) is 9.59 Å². The maximum absolute atomic E-state index is 12.7. The number of carbonyl (C=O) groups excluding carboxylic acids is 2. The van der Waals surface area contributed by atoms with E-state index >= 15 is 0 Å². The predicted molar refractivity (Wildman–Crippen MR) is 108 cm³/mol. The van der Waals surface area contributed by atoms with Crippen LogP contribution >= 0.6 is 0 Å². The third-order valence-corrected chi connectivity index (χ3v) is 4.55. The molecule has 6 nitrogen and oxygen atoms in total. The van der Waals surface area contributed by atoms with E-state index in [9.17, 15) is 9.59 Å². The Morgan fingerprint density at radius 2 is 1.79 bits per heavy atom. The standard InChI is InChI=1S/C22H18N4O2/c1-16-21(22(28)26(24-16)19-5-3-2-4-6-19)20(27)12-9-17-7-10-18(11-8-17)25-14-13-23-15-25/h2-15,21H,1H3. The average molecular weight is 370 g/mol. The van der Waals surface area contributed by atoms with Crippen molar-refractivity contribution in [2.75, 3.05) is 5.01 Å². The molecule has 2 aromatic carbocycles. The van der Waals surface area contributed by atoms with Gasteiger partial charge in [-0.15, -0.1) is 0 Å². The first-order valence-corrected chi connectivity index (χ1v) is 8.88. The lowest BCUT2D eigenvalue weighted by molar-refractivity contribution is -0.126. The largest absolute Gasteiger partial charge is 0.306 e. The van der Waals surface area contributed by atoms with E-state index < -0.39 is 5.92 Å². The smallest absolute Gasteiger partial charge is 0.264 e. The number of allylic oxidation sites excluding steroid dienone is 1. The van der Waals surface area contributed by atoms with Gasteiger partial charge in [0, 0.05) is 18.1 Å². The van der Waals surface area contributed by atoms with Crippen LogP contribution in [0.1, 0.15) is 12.5 Å². The Bertz CT molecular complexity index is 1050. The SMILES string of the molecule is CC1=NN(c2ccccc2)C(=O)C1C(=O)C=Cc1ccc(-n2ccnc2)cc1. The van der Waals surface area contributed by atoms with E-state index in [2.05, 4.69) is 10.1 Å². The summed E-state index contributed by atoms with van der Waals surface area (Å²) >= 11 is 0. The van der Waals surface area contributed by atoms with Crippen molar-refractivity contribution >= 4 is 29.2 Å². The van der Waals surface area contributed by atoms with E-state index in [4.69, 9.17) is 0 Å². The molecule has 0 aliphatic carbocycles. The van der Waals surface area contributed by atoms with Gasteiger partial charge in [0.1, 0.15) is 5.92 Å². The molecule has 1 aromatic heterocycles. The highest BCUT2D eigenvalue weighted by molar-refractivity contribution is 6.29. The maximum atomic E-state index is 12.7. The molecule has 6 heteroatoms. The van der Waals surface area contributed by atoms with E-state index in [1.54, 1.807) is 37.7 Å². The summed E-state index contributed by atoms with van der Waals surface area (Å²) in [5, 5.41) is 5.57.